The van der Waals surface area contributed by atoms with Crippen LogP contribution in [-0.4, -0.2) is 16.7 Å². The van der Waals surface area contributed by atoms with Gasteiger partial charge in [-0.3, -0.25) is 4.79 Å². The van der Waals surface area contributed by atoms with Gasteiger partial charge >= 0.3 is 5.97 Å². The van der Waals surface area contributed by atoms with Gasteiger partial charge in [0.1, 0.15) is 23.2 Å². The Morgan fingerprint density at radius 1 is 0.943 bits per heavy atom. The zero-order chi connectivity index (χ0) is 26.3. The van der Waals surface area contributed by atoms with Crippen molar-refractivity contribution >= 4 is 5.97 Å². The number of fused-ring (bicyclic) bond motifs is 1. The minimum atomic E-state index is -0.390. The third-order valence-corrected chi connectivity index (χ3v) is 8.13. The number of carbonyl (C=O) groups excluding carboxylic acids is 1. The van der Waals surface area contributed by atoms with Gasteiger partial charge in [-0.05, 0) is 69.4 Å². The average Bonchev–Trinajstić information content (AvgIpc) is 2.75. The highest BCUT2D eigenvalue weighted by atomic mass is 16.6. The number of esters is 1. The van der Waals surface area contributed by atoms with Gasteiger partial charge in [0.15, 0.2) is 0 Å². The summed E-state index contributed by atoms with van der Waals surface area (Å²) in [6, 6.07) is 0. The van der Waals surface area contributed by atoms with Crippen LogP contribution in [0.1, 0.15) is 134 Å². The van der Waals surface area contributed by atoms with E-state index in [2.05, 4.69) is 34.6 Å². The number of benzene rings is 1. The largest absolute Gasteiger partial charge is 0.507 e. The molecule has 0 aliphatic carbocycles. The second kappa shape index (κ2) is 13.0. The van der Waals surface area contributed by atoms with Crippen molar-refractivity contribution in [3.63, 3.8) is 0 Å². The van der Waals surface area contributed by atoms with Gasteiger partial charge in [-0.25, -0.2) is 0 Å². The predicted octanol–water partition coefficient (Wildman–Crippen LogP) is 8.90. The van der Waals surface area contributed by atoms with Crippen molar-refractivity contribution in [1.82, 2.24) is 0 Å². The van der Waals surface area contributed by atoms with E-state index >= 15 is 0 Å². The highest BCUT2D eigenvalue weighted by Gasteiger charge is 2.41. The minimum Gasteiger partial charge on any atom is -0.507 e. The van der Waals surface area contributed by atoms with Crippen LogP contribution in [0.25, 0.3) is 0 Å². The molecular formula is C31H52O4. The first-order chi connectivity index (χ1) is 16.3. The molecule has 200 valence electrons. The third-order valence-electron chi connectivity index (χ3n) is 8.13. The molecule has 4 heteroatoms. The lowest BCUT2D eigenvalue weighted by Crippen LogP contribution is -2.40. The average molecular weight is 489 g/mol. The Balaban J connectivity index is 1.92. The van der Waals surface area contributed by atoms with Gasteiger partial charge in [0.05, 0.1) is 0 Å². The molecule has 1 aromatic carbocycles. The summed E-state index contributed by atoms with van der Waals surface area (Å²) < 4.78 is 12.4. The molecule has 0 aromatic heterocycles. The van der Waals surface area contributed by atoms with Crippen LogP contribution in [0.4, 0.5) is 0 Å². The van der Waals surface area contributed by atoms with Crippen LogP contribution in [0, 0.1) is 38.5 Å². The molecule has 0 spiro atoms. The van der Waals surface area contributed by atoms with Crippen LogP contribution in [0.5, 0.6) is 11.5 Å². The van der Waals surface area contributed by atoms with Crippen LogP contribution in [0.15, 0.2) is 0 Å². The number of hydrogen-bond acceptors (Lipinski definition) is 4. The van der Waals surface area contributed by atoms with Crippen LogP contribution in [0.2, 0.25) is 0 Å². The van der Waals surface area contributed by atoms with E-state index in [1.54, 1.807) is 0 Å². The summed E-state index contributed by atoms with van der Waals surface area (Å²) in [6.07, 6.45) is 11.5. The molecule has 1 aromatic rings. The first kappa shape index (κ1) is 29.5. The molecule has 0 fully saturated rings. The van der Waals surface area contributed by atoms with Gasteiger partial charge in [0, 0.05) is 24.5 Å². The first-order valence-corrected chi connectivity index (χ1v) is 14.0. The topological polar surface area (TPSA) is 55.8 Å². The lowest BCUT2D eigenvalue weighted by atomic mass is 9.82. The number of hydrogen-bond donors (Lipinski definition) is 1. The Hall–Kier alpha value is -1.71. The fourth-order valence-corrected chi connectivity index (χ4v) is 5.69. The van der Waals surface area contributed by atoms with E-state index in [0.29, 0.717) is 12.3 Å². The van der Waals surface area contributed by atoms with E-state index in [-0.39, 0.29) is 17.8 Å². The Labute approximate surface area is 215 Å². The molecule has 0 bridgehead atoms. The summed E-state index contributed by atoms with van der Waals surface area (Å²) >= 11 is 0. The molecule has 0 amide bonds. The lowest BCUT2D eigenvalue weighted by Gasteiger charge is -2.41. The summed E-state index contributed by atoms with van der Waals surface area (Å²) in [4.78, 5) is 11.9. The van der Waals surface area contributed by atoms with E-state index in [1.165, 1.54) is 51.9 Å². The van der Waals surface area contributed by atoms with Gasteiger partial charge in [-0.15, -0.1) is 0 Å². The number of phenols is 1. The Bertz CT molecular complexity index is 843. The molecule has 4 nitrogen and oxygen atoms in total. The normalized spacial score (nSPS) is 21.4. The van der Waals surface area contributed by atoms with Crippen molar-refractivity contribution in [3.05, 3.63) is 22.3 Å². The van der Waals surface area contributed by atoms with Crippen LogP contribution < -0.4 is 4.74 Å². The first-order valence-electron chi connectivity index (χ1n) is 14.0. The molecule has 1 unspecified atom stereocenters. The maximum absolute atomic E-state index is 11.9. The number of aromatic hydroxyl groups is 1. The molecule has 2 rings (SSSR count). The van der Waals surface area contributed by atoms with E-state index in [0.717, 1.165) is 52.7 Å². The van der Waals surface area contributed by atoms with Gasteiger partial charge in [0.25, 0.3) is 0 Å². The van der Waals surface area contributed by atoms with Crippen molar-refractivity contribution in [2.45, 2.75) is 138 Å². The minimum absolute atomic E-state index is 0.272. The quantitative estimate of drug-likeness (QED) is 0.282. The lowest BCUT2D eigenvalue weighted by molar-refractivity contribution is -0.151. The monoisotopic (exact) mass is 488 g/mol. The molecule has 1 aliphatic heterocycles. The molecule has 35 heavy (non-hydrogen) atoms. The number of carbonyl (C=O) groups is 1. The van der Waals surface area contributed by atoms with E-state index in [9.17, 15) is 9.90 Å². The summed E-state index contributed by atoms with van der Waals surface area (Å²) in [7, 11) is 0. The Kier molecular flexibility index (Phi) is 11.0. The second-order valence-corrected chi connectivity index (χ2v) is 12.2. The number of phenolic OH excluding ortho intramolecular Hbond substituents is 1. The van der Waals surface area contributed by atoms with Crippen molar-refractivity contribution in [2.75, 3.05) is 0 Å². The Morgan fingerprint density at radius 3 is 2.03 bits per heavy atom. The molecule has 1 aliphatic rings. The van der Waals surface area contributed by atoms with Crippen LogP contribution in [-0.2, 0) is 9.53 Å². The highest BCUT2D eigenvalue weighted by molar-refractivity contribution is 5.67. The highest BCUT2D eigenvalue weighted by Crippen LogP contribution is 2.50. The summed E-state index contributed by atoms with van der Waals surface area (Å²) in [5.41, 5.74) is 2.96. The van der Waals surface area contributed by atoms with Gasteiger partial charge in [-0.2, -0.15) is 0 Å². The fraction of sp³-hybridized carbons (Fsp3) is 0.774. The van der Waals surface area contributed by atoms with Gasteiger partial charge in [0.2, 0.25) is 0 Å². The molecule has 1 heterocycles. The number of ether oxygens (including phenoxy) is 2. The van der Waals surface area contributed by atoms with Crippen molar-refractivity contribution in [2.24, 2.45) is 17.8 Å². The summed E-state index contributed by atoms with van der Waals surface area (Å²) in [5.74, 6) is 3.13. The number of rotatable bonds is 13. The molecule has 0 radical (unpaired) electrons. The smallest absolute Gasteiger partial charge is 0.303 e. The zero-order valence-corrected chi connectivity index (χ0v) is 24.1. The van der Waals surface area contributed by atoms with E-state index < -0.39 is 5.60 Å². The van der Waals surface area contributed by atoms with E-state index in [4.69, 9.17) is 9.47 Å². The molecular weight excluding hydrogens is 436 g/mol. The van der Waals surface area contributed by atoms with Gasteiger partial charge in [-0.1, -0.05) is 72.6 Å². The van der Waals surface area contributed by atoms with E-state index in [1.807, 2.05) is 20.8 Å². The third kappa shape index (κ3) is 8.43. The Morgan fingerprint density at radius 2 is 1.49 bits per heavy atom. The molecule has 4 atom stereocenters. The zero-order valence-electron chi connectivity index (χ0n) is 24.1. The van der Waals surface area contributed by atoms with Crippen LogP contribution >= 0.6 is 0 Å². The van der Waals surface area contributed by atoms with Crippen molar-refractivity contribution in [3.8, 4) is 11.5 Å². The fourth-order valence-electron chi connectivity index (χ4n) is 5.69. The maximum atomic E-state index is 11.9. The van der Waals surface area contributed by atoms with Gasteiger partial charge < -0.3 is 14.6 Å². The molecule has 0 saturated carbocycles. The standard InChI is InChI=1S/C31H52O4/c1-20(2)13-10-14-21(3)15-11-16-22(4)17-12-18-31(9)19-27(34-26(8)32)28-25(7)29(33)23(5)24(6)30(28)35-31/h20-22,27,33H,10-19H2,1-9H3/t21-,22+,27?,31-/m0/s1. The molecule has 1 N–H and O–H groups in total. The second-order valence-electron chi connectivity index (χ2n) is 12.2. The summed E-state index contributed by atoms with van der Waals surface area (Å²) in [6.45, 7) is 18.8. The van der Waals surface area contributed by atoms with Crippen molar-refractivity contribution in [1.29, 1.82) is 0 Å². The molecule has 0 saturated heterocycles. The maximum Gasteiger partial charge on any atom is 0.303 e. The van der Waals surface area contributed by atoms with Crippen LogP contribution in [0.3, 0.4) is 0 Å². The SMILES string of the molecule is CC(=O)OC1C[C@](C)(CCC[C@H](C)CCC[C@@H](C)CCCC(C)C)Oc2c(C)c(C)c(O)c(C)c21. The van der Waals surface area contributed by atoms with Crippen molar-refractivity contribution < 1.29 is 19.4 Å². The predicted molar refractivity (Wildman–Crippen MR) is 145 cm³/mol. The summed E-state index contributed by atoms with van der Waals surface area (Å²) in [5, 5.41) is 10.6.